The van der Waals surface area contributed by atoms with Crippen molar-refractivity contribution >= 4 is 23.8 Å². The Bertz CT molecular complexity index is 1340. The summed E-state index contributed by atoms with van der Waals surface area (Å²) in [5.41, 5.74) is 0.818. The summed E-state index contributed by atoms with van der Waals surface area (Å²) in [5, 5.41) is 8.90. The molecule has 0 aliphatic rings. The summed E-state index contributed by atoms with van der Waals surface area (Å²) in [5.74, 6) is -1.21. The van der Waals surface area contributed by atoms with Crippen LogP contribution in [0.4, 0.5) is 4.79 Å². The van der Waals surface area contributed by atoms with Gasteiger partial charge in [-0.2, -0.15) is 0 Å². The molecule has 1 atom stereocenters. The summed E-state index contributed by atoms with van der Waals surface area (Å²) < 4.78 is 5.39. The zero-order valence-electron chi connectivity index (χ0n) is 29.1. The number of unbranched alkanes of at least 4 members (excludes halogenated alkanes) is 4. The maximum absolute atomic E-state index is 14.1. The van der Waals surface area contributed by atoms with Gasteiger partial charge in [-0.15, -0.1) is 0 Å². The number of carbonyl (C=O) groups excluding carboxylic acids is 4. The van der Waals surface area contributed by atoms with Gasteiger partial charge in [0.15, 0.2) is 0 Å². The number of likely N-dealkylation sites (N-methyl/N-ethyl adjacent to an activating group) is 1. The number of nitrogens with zero attached hydrogens (tertiary/aromatic N) is 1. The lowest BCUT2D eigenvalue weighted by Crippen LogP contribution is -2.53. The molecule has 3 rings (SSSR count). The molecule has 0 aliphatic carbocycles. The highest BCUT2D eigenvalue weighted by atomic mass is 16.6. The first kappa shape index (κ1) is 37.8. The van der Waals surface area contributed by atoms with Crippen molar-refractivity contribution in [1.82, 2.24) is 20.9 Å². The molecule has 0 heterocycles. The second kappa shape index (κ2) is 18.6. The van der Waals surface area contributed by atoms with Crippen LogP contribution in [0, 0.1) is 0 Å². The molecule has 0 radical (unpaired) electrons. The fourth-order valence-electron chi connectivity index (χ4n) is 5.49. The maximum atomic E-state index is 14.1. The maximum Gasteiger partial charge on any atom is 0.410 e. The van der Waals surface area contributed by atoms with E-state index in [1.54, 1.807) is 27.8 Å². The third kappa shape index (κ3) is 11.5. The van der Waals surface area contributed by atoms with Gasteiger partial charge in [0, 0.05) is 26.6 Å². The Labute approximate surface area is 285 Å². The molecule has 3 aromatic rings. The summed E-state index contributed by atoms with van der Waals surface area (Å²) in [6.07, 6.45) is 4.34. The van der Waals surface area contributed by atoms with Crippen molar-refractivity contribution in [2.75, 3.05) is 20.1 Å². The molecule has 0 aromatic heterocycles. The number of hydrogen-bond donors (Lipinski definition) is 3. The highest BCUT2D eigenvalue weighted by Crippen LogP contribution is 2.37. The molecule has 0 aliphatic heterocycles. The van der Waals surface area contributed by atoms with Gasteiger partial charge in [-0.3, -0.25) is 14.4 Å². The van der Waals surface area contributed by atoms with E-state index < -0.39 is 35.1 Å². The Balaban J connectivity index is 1.85. The van der Waals surface area contributed by atoms with Crippen LogP contribution in [0.15, 0.2) is 91.0 Å². The predicted molar refractivity (Wildman–Crippen MR) is 189 cm³/mol. The van der Waals surface area contributed by atoms with Crippen LogP contribution in [-0.2, 0) is 24.7 Å². The van der Waals surface area contributed by atoms with Crippen molar-refractivity contribution in [2.24, 2.45) is 0 Å². The normalized spacial score (nSPS) is 12.0. The number of ether oxygens (including phenoxy) is 1. The van der Waals surface area contributed by atoms with Gasteiger partial charge in [-0.25, -0.2) is 4.79 Å². The highest BCUT2D eigenvalue weighted by Gasteiger charge is 2.38. The highest BCUT2D eigenvalue weighted by molar-refractivity contribution is 5.92. The van der Waals surface area contributed by atoms with Crippen molar-refractivity contribution in [1.29, 1.82) is 0 Å². The molecule has 3 aromatic carbocycles. The second-order valence-corrected chi connectivity index (χ2v) is 13.1. The van der Waals surface area contributed by atoms with Gasteiger partial charge in [0.05, 0.1) is 6.42 Å². The number of carbonyl (C=O) groups is 4. The molecule has 4 amide bonds. The summed E-state index contributed by atoms with van der Waals surface area (Å²) in [7, 11) is 1.59. The van der Waals surface area contributed by atoms with Crippen LogP contribution < -0.4 is 16.0 Å². The van der Waals surface area contributed by atoms with E-state index in [0.29, 0.717) is 6.42 Å². The Hall–Kier alpha value is -4.66. The molecule has 0 saturated heterocycles. The van der Waals surface area contributed by atoms with Gasteiger partial charge in [0.1, 0.15) is 17.2 Å². The number of hydrogen-bond acceptors (Lipinski definition) is 5. The van der Waals surface area contributed by atoms with Gasteiger partial charge in [0.25, 0.3) is 0 Å². The molecular weight excluding hydrogens is 604 g/mol. The fourth-order valence-corrected chi connectivity index (χ4v) is 5.49. The topological polar surface area (TPSA) is 117 Å². The van der Waals surface area contributed by atoms with E-state index in [-0.39, 0.29) is 31.8 Å². The van der Waals surface area contributed by atoms with Crippen molar-refractivity contribution in [2.45, 2.75) is 89.8 Å². The summed E-state index contributed by atoms with van der Waals surface area (Å²) >= 11 is 0. The van der Waals surface area contributed by atoms with E-state index in [1.807, 2.05) is 91.0 Å². The molecular formula is C39H52N4O5. The van der Waals surface area contributed by atoms with E-state index in [0.717, 1.165) is 42.4 Å². The van der Waals surface area contributed by atoms with E-state index in [9.17, 15) is 19.2 Å². The van der Waals surface area contributed by atoms with Crippen LogP contribution in [-0.4, -0.2) is 60.5 Å². The zero-order valence-corrected chi connectivity index (χ0v) is 29.1. The van der Waals surface area contributed by atoms with Crippen molar-refractivity contribution in [3.8, 4) is 0 Å². The first-order valence-electron chi connectivity index (χ1n) is 16.9. The minimum absolute atomic E-state index is 0.113. The number of nitrogens with one attached hydrogen (secondary N) is 3. The fraction of sp³-hybridized carbons (Fsp3) is 0.436. The second-order valence-electron chi connectivity index (χ2n) is 13.1. The number of benzene rings is 3. The Kier molecular flexibility index (Phi) is 14.7. The van der Waals surface area contributed by atoms with Crippen molar-refractivity contribution in [3.05, 3.63) is 108 Å². The van der Waals surface area contributed by atoms with Gasteiger partial charge in [-0.05, 0) is 43.9 Å². The first-order valence-corrected chi connectivity index (χ1v) is 16.9. The average molecular weight is 657 g/mol. The van der Waals surface area contributed by atoms with Crippen LogP contribution in [0.5, 0.6) is 0 Å². The Morgan fingerprint density at radius 3 is 1.71 bits per heavy atom. The molecule has 0 spiro atoms. The van der Waals surface area contributed by atoms with E-state index >= 15 is 0 Å². The number of amides is 4. The summed E-state index contributed by atoms with van der Waals surface area (Å²) in [6, 6.07) is 28.0. The minimum Gasteiger partial charge on any atom is -0.444 e. The molecule has 0 fully saturated rings. The lowest BCUT2D eigenvalue weighted by Gasteiger charge is -2.37. The van der Waals surface area contributed by atoms with Crippen LogP contribution >= 0.6 is 0 Å². The number of rotatable bonds is 17. The Morgan fingerprint density at radius 1 is 0.729 bits per heavy atom. The van der Waals surface area contributed by atoms with E-state index in [1.165, 1.54) is 4.90 Å². The van der Waals surface area contributed by atoms with Crippen LogP contribution in [0.1, 0.15) is 89.3 Å². The monoisotopic (exact) mass is 656 g/mol. The third-order valence-corrected chi connectivity index (χ3v) is 7.95. The molecule has 9 heteroatoms. The summed E-state index contributed by atoms with van der Waals surface area (Å²) in [6.45, 7) is 7.78. The molecule has 3 N–H and O–H groups in total. The quantitative estimate of drug-likeness (QED) is 0.116. The minimum atomic E-state index is -1.13. The SMILES string of the molecule is CCCCCCCC(=O)N[C@H](CC(=O)NC(c1ccccc1)(c1ccccc1)c1ccccc1)C(=O)NCCN(C)C(=O)OC(C)(C)C. The first-order chi connectivity index (χ1) is 23.0. The van der Waals surface area contributed by atoms with Gasteiger partial charge < -0.3 is 25.6 Å². The lowest BCUT2D eigenvalue weighted by atomic mass is 9.77. The Morgan fingerprint density at radius 2 is 1.23 bits per heavy atom. The van der Waals surface area contributed by atoms with Crippen molar-refractivity contribution in [3.63, 3.8) is 0 Å². The van der Waals surface area contributed by atoms with E-state index in [4.69, 9.17) is 4.74 Å². The van der Waals surface area contributed by atoms with Gasteiger partial charge >= 0.3 is 6.09 Å². The molecule has 9 nitrogen and oxygen atoms in total. The third-order valence-electron chi connectivity index (χ3n) is 7.95. The van der Waals surface area contributed by atoms with Crippen LogP contribution in [0.25, 0.3) is 0 Å². The van der Waals surface area contributed by atoms with Crippen LogP contribution in [0.3, 0.4) is 0 Å². The van der Waals surface area contributed by atoms with E-state index in [2.05, 4.69) is 22.9 Å². The molecule has 48 heavy (non-hydrogen) atoms. The lowest BCUT2D eigenvalue weighted by molar-refractivity contribution is -0.132. The average Bonchev–Trinajstić information content (AvgIpc) is 3.07. The predicted octanol–water partition coefficient (Wildman–Crippen LogP) is 6.31. The van der Waals surface area contributed by atoms with Crippen molar-refractivity contribution < 1.29 is 23.9 Å². The molecule has 0 unspecified atom stereocenters. The molecule has 258 valence electrons. The standard InChI is InChI=1S/C39H52N4O5/c1-6-7-8-9-19-26-34(44)41-33(36(46)40-27-28-43(5)37(47)48-38(2,3)4)29-35(45)42-39(30-20-13-10-14-21-30,31-22-15-11-16-23-31)32-24-17-12-18-25-32/h10-18,20-25,33H,6-9,19,26-29H2,1-5H3,(H,40,46)(H,41,44)(H,42,45)/t33-/m1/s1. The smallest absolute Gasteiger partial charge is 0.410 e. The van der Waals surface area contributed by atoms with Crippen LogP contribution in [0.2, 0.25) is 0 Å². The van der Waals surface area contributed by atoms with Gasteiger partial charge in [0.2, 0.25) is 17.7 Å². The molecule has 0 bridgehead atoms. The largest absolute Gasteiger partial charge is 0.444 e. The summed E-state index contributed by atoms with van der Waals surface area (Å²) in [4.78, 5) is 54.4. The van der Waals surface area contributed by atoms with Gasteiger partial charge in [-0.1, -0.05) is 124 Å². The zero-order chi connectivity index (χ0) is 35.0. The molecule has 0 saturated carbocycles.